The van der Waals surface area contributed by atoms with E-state index in [0.717, 1.165) is 11.3 Å². The van der Waals surface area contributed by atoms with Gasteiger partial charge in [-0.15, -0.1) is 0 Å². The van der Waals surface area contributed by atoms with Crippen LogP contribution in [0.1, 0.15) is 41.3 Å². The first-order valence-corrected chi connectivity index (χ1v) is 8.27. The highest BCUT2D eigenvalue weighted by atomic mass is 14.7. The zero-order valence-electron chi connectivity index (χ0n) is 16.0. The van der Waals surface area contributed by atoms with Gasteiger partial charge in [0.1, 0.15) is 0 Å². The molecule has 3 aromatic rings. The first-order chi connectivity index (χ1) is 12.6. The molecule has 1 heteroatoms. The third-order valence-electron chi connectivity index (χ3n) is 4.71. The van der Waals surface area contributed by atoms with Crippen LogP contribution in [-0.2, 0) is 0 Å². The molecule has 1 heterocycles. The summed E-state index contributed by atoms with van der Waals surface area (Å²) in [5.41, 5.74) is 5.20. The van der Waals surface area contributed by atoms with E-state index in [0.29, 0.717) is 5.92 Å². The molecule has 0 atom stereocenters. The second-order valence-electron chi connectivity index (χ2n) is 6.16. The average molecular weight is 302 g/mol. The monoisotopic (exact) mass is 302 g/mol. The van der Waals surface area contributed by atoms with Gasteiger partial charge in [-0.2, -0.15) is 0 Å². The highest BCUT2D eigenvalue weighted by molar-refractivity contribution is 5.71. The number of aromatic nitrogens is 1. The molecule has 0 spiro atoms. The number of rotatable bonds is 3. The summed E-state index contributed by atoms with van der Waals surface area (Å²) in [6.07, 6.45) is 6.85. The summed E-state index contributed by atoms with van der Waals surface area (Å²) in [6.45, 7) is 0. The van der Waals surface area contributed by atoms with Crippen LogP contribution in [0.25, 0.3) is 22.4 Å². The number of hydrogen-bond acceptors (Lipinski definition) is 1. The fourth-order valence-corrected chi connectivity index (χ4v) is 3.52. The maximum absolute atomic E-state index is 7.91. The van der Waals surface area contributed by atoms with Gasteiger partial charge in [0.15, 0.2) is 0 Å². The maximum atomic E-state index is 7.91. The van der Waals surface area contributed by atoms with Crippen LogP contribution in [0.5, 0.6) is 0 Å². The first-order valence-electron chi connectivity index (χ1n) is 9.77. The molecule has 0 unspecified atom stereocenters. The Morgan fingerprint density at radius 3 is 2.35 bits per heavy atom. The van der Waals surface area contributed by atoms with Gasteiger partial charge in [0.05, 0.1) is 9.81 Å². The van der Waals surface area contributed by atoms with Gasteiger partial charge in [-0.25, -0.2) is 0 Å². The van der Waals surface area contributed by atoms with Crippen LogP contribution in [0.15, 0.2) is 72.9 Å². The SMILES string of the molecule is [2H]c1cc(-c2cc(C3CCCC3)c(-c3ccccc3)cn2)cc([2H])c1[2H]. The summed E-state index contributed by atoms with van der Waals surface area (Å²) in [6, 6.07) is 15.9. The molecule has 2 aromatic carbocycles. The molecular formula is C22H21N. The molecule has 114 valence electrons. The van der Waals surface area contributed by atoms with Crippen molar-refractivity contribution in [1.82, 2.24) is 4.98 Å². The Labute approximate surface area is 142 Å². The van der Waals surface area contributed by atoms with Crippen molar-refractivity contribution >= 4 is 0 Å². The molecule has 4 rings (SSSR count). The summed E-state index contributed by atoms with van der Waals surface area (Å²) in [7, 11) is 0. The molecule has 0 amide bonds. The Hall–Kier alpha value is -2.41. The Morgan fingerprint density at radius 1 is 0.870 bits per heavy atom. The molecule has 1 nitrogen and oxygen atoms in total. The van der Waals surface area contributed by atoms with Crippen LogP contribution in [-0.4, -0.2) is 4.98 Å². The van der Waals surface area contributed by atoms with Gasteiger partial charge < -0.3 is 0 Å². The summed E-state index contributed by atoms with van der Waals surface area (Å²) in [4.78, 5) is 4.64. The number of hydrogen-bond donors (Lipinski definition) is 0. The Bertz CT molecular complexity index is 908. The van der Waals surface area contributed by atoms with Crippen molar-refractivity contribution in [1.29, 1.82) is 0 Å². The minimum atomic E-state index is -0.0364. The van der Waals surface area contributed by atoms with E-state index < -0.39 is 0 Å². The third kappa shape index (κ3) is 2.92. The van der Waals surface area contributed by atoms with Crippen LogP contribution in [0, 0.1) is 0 Å². The summed E-state index contributed by atoms with van der Waals surface area (Å²) < 4.78 is 23.6. The van der Waals surface area contributed by atoms with Gasteiger partial charge in [-0.05, 0) is 36.0 Å². The predicted molar refractivity (Wildman–Crippen MR) is 96.3 cm³/mol. The van der Waals surface area contributed by atoms with Gasteiger partial charge in [-0.1, -0.05) is 73.4 Å². The fraction of sp³-hybridized carbons (Fsp3) is 0.227. The molecule has 23 heavy (non-hydrogen) atoms. The fourth-order valence-electron chi connectivity index (χ4n) is 3.52. The largest absolute Gasteiger partial charge is 0.256 e. The zero-order valence-corrected chi connectivity index (χ0v) is 13.0. The molecule has 1 aliphatic rings. The lowest BCUT2D eigenvalue weighted by atomic mass is 9.89. The van der Waals surface area contributed by atoms with Gasteiger partial charge in [0.25, 0.3) is 0 Å². The number of nitrogens with zero attached hydrogens (tertiary/aromatic N) is 1. The first kappa shape index (κ1) is 11.2. The van der Waals surface area contributed by atoms with Crippen LogP contribution in [0.2, 0.25) is 0 Å². The topological polar surface area (TPSA) is 12.9 Å². The minimum absolute atomic E-state index is 0.0364. The smallest absolute Gasteiger partial charge is 0.0705 e. The predicted octanol–water partition coefficient (Wildman–Crippen LogP) is 6.07. The minimum Gasteiger partial charge on any atom is -0.256 e. The van der Waals surface area contributed by atoms with Crippen molar-refractivity contribution in [3.8, 4) is 22.4 Å². The zero-order chi connectivity index (χ0) is 18.1. The molecule has 1 aromatic heterocycles. The second-order valence-corrected chi connectivity index (χ2v) is 6.16. The molecule has 0 N–H and O–H groups in total. The Morgan fingerprint density at radius 2 is 1.61 bits per heavy atom. The van der Waals surface area contributed by atoms with E-state index >= 15 is 0 Å². The van der Waals surface area contributed by atoms with Crippen molar-refractivity contribution < 1.29 is 4.11 Å². The summed E-state index contributed by atoms with van der Waals surface area (Å²) >= 11 is 0. The van der Waals surface area contributed by atoms with E-state index in [9.17, 15) is 0 Å². The highest BCUT2D eigenvalue weighted by Gasteiger charge is 2.21. The van der Waals surface area contributed by atoms with E-state index in [1.807, 2.05) is 24.4 Å². The van der Waals surface area contributed by atoms with E-state index in [4.69, 9.17) is 4.11 Å². The van der Waals surface area contributed by atoms with Crippen molar-refractivity contribution in [3.63, 3.8) is 0 Å². The molecule has 1 fully saturated rings. The standard InChI is InChI=1S/C22H21N/c1-3-9-18(10-4-1)21-16-23-22(19-13-5-2-6-14-19)15-20(21)17-11-7-8-12-17/h1-6,9-10,13-17H,7-8,11-12H2/i2D,5D,6D. The average Bonchev–Trinajstić information content (AvgIpc) is 3.20. The number of pyridine rings is 1. The highest BCUT2D eigenvalue weighted by Crippen LogP contribution is 2.40. The van der Waals surface area contributed by atoms with E-state index in [1.165, 1.54) is 42.4 Å². The van der Waals surface area contributed by atoms with E-state index in [2.05, 4.69) is 23.2 Å². The lowest BCUT2D eigenvalue weighted by Gasteiger charge is -2.17. The van der Waals surface area contributed by atoms with Crippen LogP contribution < -0.4 is 0 Å². The van der Waals surface area contributed by atoms with Crippen LogP contribution in [0.4, 0.5) is 0 Å². The second kappa shape index (κ2) is 6.37. The van der Waals surface area contributed by atoms with Crippen molar-refractivity contribution in [2.45, 2.75) is 31.6 Å². The van der Waals surface area contributed by atoms with Crippen LogP contribution in [0.3, 0.4) is 0 Å². The van der Waals surface area contributed by atoms with Gasteiger partial charge in [0.2, 0.25) is 0 Å². The Balaban J connectivity index is 1.84. The van der Waals surface area contributed by atoms with E-state index in [1.54, 1.807) is 12.1 Å². The van der Waals surface area contributed by atoms with Crippen molar-refractivity contribution in [2.24, 2.45) is 0 Å². The Kier molecular flexibility index (Phi) is 3.10. The molecule has 0 radical (unpaired) electrons. The maximum Gasteiger partial charge on any atom is 0.0705 e. The van der Waals surface area contributed by atoms with Gasteiger partial charge in [0, 0.05) is 17.3 Å². The van der Waals surface area contributed by atoms with Crippen LogP contribution >= 0.6 is 0 Å². The normalized spacial score (nSPS) is 16.8. The van der Waals surface area contributed by atoms with Crippen molar-refractivity contribution in [2.75, 3.05) is 0 Å². The lowest BCUT2D eigenvalue weighted by Crippen LogP contribution is -1.99. The molecular weight excluding hydrogens is 278 g/mol. The summed E-state index contributed by atoms with van der Waals surface area (Å²) in [5.74, 6) is 0.536. The van der Waals surface area contributed by atoms with E-state index in [-0.39, 0.29) is 18.1 Å². The quantitative estimate of drug-likeness (QED) is 0.572. The lowest BCUT2D eigenvalue weighted by molar-refractivity contribution is 0.724. The molecule has 0 saturated heterocycles. The van der Waals surface area contributed by atoms with Gasteiger partial charge in [-0.3, -0.25) is 4.98 Å². The molecule has 0 aliphatic heterocycles. The van der Waals surface area contributed by atoms with Crippen molar-refractivity contribution in [3.05, 3.63) is 78.4 Å². The molecule has 1 saturated carbocycles. The summed E-state index contributed by atoms with van der Waals surface area (Å²) in [5, 5.41) is 0. The molecule has 1 aliphatic carbocycles. The third-order valence-corrected chi connectivity index (χ3v) is 4.71. The van der Waals surface area contributed by atoms with Gasteiger partial charge >= 0.3 is 0 Å². The molecule has 0 bridgehead atoms. The number of benzene rings is 2.